The normalized spacial score (nSPS) is 10.3. The maximum Gasteiger partial charge on any atom is 0.418 e. The molecule has 7 heteroatoms. The predicted molar refractivity (Wildman–Crippen MR) is 83.3 cm³/mol. The molecule has 1 rings (SSSR count). The number of rotatable bonds is 6. The lowest BCUT2D eigenvalue weighted by atomic mass is 10.2. The number of nitrogens with one attached hydrogen (secondary N) is 1. The summed E-state index contributed by atoms with van der Waals surface area (Å²) in [5.74, 6) is 0.713. The summed E-state index contributed by atoms with van der Waals surface area (Å²) in [7, 11) is 1.58. The molecular weight excluding hydrogens is 286 g/mol. The van der Waals surface area contributed by atoms with Crippen LogP contribution in [0.15, 0.2) is 30.5 Å². The fourth-order valence-electron chi connectivity index (χ4n) is 1.64. The monoisotopic (exact) mass is 307 g/mol. The Balaban J connectivity index is 2.65. The number of urea groups is 1. The first-order chi connectivity index (χ1) is 10.6. The van der Waals surface area contributed by atoms with Gasteiger partial charge in [0.25, 0.3) is 0 Å². The lowest BCUT2D eigenvalue weighted by Crippen LogP contribution is -2.44. The number of hydrogen-bond donors (Lipinski definition) is 2. The highest BCUT2D eigenvalue weighted by molar-refractivity contribution is 5.91. The van der Waals surface area contributed by atoms with E-state index in [4.69, 9.17) is 15.2 Å². The van der Waals surface area contributed by atoms with Crippen molar-refractivity contribution >= 4 is 18.2 Å². The third-order valence-electron chi connectivity index (χ3n) is 2.66. The molecule has 0 saturated heterocycles. The van der Waals surface area contributed by atoms with Crippen LogP contribution in [0.1, 0.15) is 12.5 Å². The van der Waals surface area contributed by atoms with E-state index in [0.29, 0.717) is 5.75 Å². The van der Waals surface area contributed by atoms with Crippen molar-refractivity contribution in [2.24, 2.45) is 5.73 Å². The van der Waals surface area contributed by atoms with Crippen molar-refractivity contribution in [1.82, 2.24) is 10.2 Å². The number of nitrogens with two attached hydrogens (primary N) is 1. The van der Waals surface area contributed by atoms with Gasteiger partial charge in [0.15, 0.2) is 0 Å². The SMILES string of the molecule is CCOC(=O)N(CCN)C(=O)N/C=C/c1cccc(OC)c1. The van der Waals surface area contributed by atoms with E-state index in [1.54, 1.807) is 20.1 Å². The van der Waals surface area contributed by atoms with Gasteiger partial charge in [0.2, 0.25) is 0 Å². The lowest BCUT2D eigenvalue weighted by Gasteiger charge is -2.18. The van der Waals surface area contributed by atoms with Gasteiger partial charge in [-0.05, 0) is 30.7 Å². The third kappa shape index (κ3) is 5.45. The van der Waals surface area contributed by atoms with Crippen LogP contribution >= 0.6 is 0 Å². The van der Waals surface area contributed by atoms with Crippen molar-refractivity contribution in [3.8, 4) is 5.75 Å². The summed E-state index contributed by atoms with van der Waals surface area (Å²) >= 11 is 0. The van der Waals surface area contributed by atoms with Gasteiger partial charge in [-0.3, -0.25) is 0 Å². The Bertz CT molecular complexity index is 531. The van der Waals surface area contributed by atoms with E-state index < -0.39 is 12.1 Å². The maximum absolute atomic E-state index is 11.9. The van der Waals surface area contributed by atoms with Crippen LogP contribution in [0.3, 0.4) is 0 Å². The van der Waals surface area contributed by atoms with Crippen LogP contribution in [0.2, 0.25) is 0 Å². The first-order valence-corrected chi connectivity index (χ1v) is 6.87. The Morgan fingerprint density at radius 1 is 1.41 bits per heavy atom. The van der Waals surface area contributed by atoms with Gasteiger partial charge in [0.05, 0.1) is 13.7 Å². The molecule has 0 spiro atoms. The summed E-state index contributed by atoms with van der Waals surface area (Å²) in [6.45, 7) is 2.09. The molecule has 0 saturated carbocycles. The van der Waals surface area contributed by atoms with Gasteiger partial charge in [-0.25, -0.2) is 14.5 Å². The number of amides is 3. The molecule has 0 aliphatic carbocycles. The number of carbonyl (C=O) groups excluding carboxylic acids is 2. The van der Waals surface area contributed by atoms with Crippen molar-refractivity contribution in [3.05, 3.63) is 36.0 Å². The molecule has 0 fully saturated rings. The molecule has 1 aromatic rings. The zero-order valence-electron chi connectivity index (χ0n) is 12.7. The summed E-state index contributed by atoms with van der Waals surface area (Å²) in [6.07, 6.45) is 2.41. The van der Waals surface area contributed by atoms with Crippen LogP contribution in [0.4, 0.5) is 9.59 Å². The summed E-state index contributed by atoms with van der Waals surface area (Å²) in [5.41, 5.74) is 6.24. The molecule has 0 unspecified atom stereocenters. The van der Waals surface area contributed by atoms with Crippen LogP contribution in [0, 0.1) is 0 Å². The average Bonchev–Trinajstić information content (AvgIpc) is 2.52. The predicted octanol–water partition coefficient (Wildman–Crippen LogP) is 1.79. The van der Waals surface area contributed by atoms with Crippen LogP contribution in [-0.2, 0) is 4.74 Å². The number of hydrogen-bond acceptors (Lipinski definition) is 5. The average molecular weight is 307 g/mol. The minimum atomic E-state index is -0.722. The molecular formula is C15H21N3O4. The second-order valence-electron chi connectivity index (χ2n) is 4.20. The van der Waals surface area contributed by atoms with Crippen molar-refractivity contribution < 1.29 is 19.1 Å². The van der Waals surface area contributed by atoms with Gasteiger partial charge in [0.1, 0.15) is 5.75 Å². The van der Waals surface area contributed by atoms with Crippen molar-refractivity contribution in [3.63, 3.8) is 0 Å². The van der Waals surface area contributed by atoms with Gasteiger partial charge in [-0.1, -0.05) is 12.1 Å². The standard InChI is InChI=1S/C15H21N3O4/c1-3-22-15(20)18(10-8-16)14(19)17-9-7-12-5-4-6-13(11-12)21-2/h4-7,9,11H,3,8,10,16H2,1-2H3,(H,17,19)/b9-7+. The molecule has 3 amide bonds. The molecule has 0 bridgehead atoms. The number of carbonyl (C=O) groups is 2. The summed E-state index contributed by atoms with van der Waals surface area (Å²) in [4.78, 5) is 24.5. The summed E-state index contributed by atoms with van der Waals surface area (Å²) in [6, 6.07) is 6.72. The van der Waals surface area contributed by atoms with Crippen molar-refractivity contribution in [2.75, 3.05) is 26.8 Å². The maximum atomic E-state index is 11.9. The number of imide groups is 1. The van der Waals surface area contributed by atoms with Crippen molar-refractivity contribution in [1.29, 1.82) is 0 Å². The highest BCUT2D eigenvalue weighted by Crippen LogP contribution is 2.13. The Morgan fingerprint density at radius 3 is 2.82 bits per heavy atom. The topological polar surface area (TPSA) is 93.9 Å². The minimum Gasteiger partial charge on any atom is -0.497 e. The zero-order valence-corrected chi connectivity index (χ0v) is 12.7. The fraction of sp³-hybridized carbons (Fsp3) is 0.333. The number of methoxy groups -OCH3 is 1. The molecule has 22 heavy (non-hydrogen) atoms. The molecule has 0 aliphatic rings. The van der Waals surface area contributed by atoms with E-state index in [1.165, 1.54) is 6.20 Å². The highest BCUT2D eigenvalue weighted by Gasteiger charge is 2.20. The Morgan fingerprint density at radius 2 is 2.18 bits per heavy atom. The molecule has 3 N–H and O–H groups in total. The van der Waals surface area contributed by atoms with Gasteiger partial charge in [-0.15, -0.1) is 0 Å². The first kappa shape index (κ1) is 17.5. The smallest absolute Gasteiger partial charge is 0.418 e. The molecule has 0 heterocycles. The van der Waals surface area contributed by atoms with Gasteiger partial charge in [-0.2, -0.15) is 0 Å². The first-order valence-electron chi connectivity index (χ1n) is 6.87. The Labute approximate surface area is 129 Å². The minimum absolute atomic E-state index is 0.0810. The highest BCUT2D eigenvalue weighted by atomic mass is 16.6. The molecule has 0 atom stereocenters. The second kappa shape index (κ2) is 9.41. The quantitative estimate of drug-likeness (QED) is 0.835. The van der Waals surface area contributed by atoms with E-state index in [2.05, 4.69) is 5.32 Å². The second-order valence-corrected chi connectivity index (χ2v) is 4.20. The Kier molecular flexibility index (Phi) is 7.49. The fourth-order valence-corrected chi connectivity index (χ4v) is 1.64. The van der Waals surface area contributed by atoms with E-state index in [9.17, 15) is 9.59 Å². The molecule has 0 radical (unpaired) electrons. The Hall–Kier alpha value is -2.54. The number of benzene rings is 1. The largest absolute Gasteiger partial charge is 0.497 e. The number of nitrogens with zero attached hydrogens (tertiary/aromatic N) is 1. The van der Waals surface area contributed by atoms with E-state index in [1.807, 2.05) is 24.3 Å². The summed E-state index contributed by atoms with van der Waals surface area (Å²) in [5, 5.41) is 2.50. The van der Waals surface area contributed by atoms with Gasteiger partial charge in [0, 0.05) is 19.3 Å². The van der Waals surface area contributed by atoms with Crippen molar-refractivity contribution in [2.45, 2.75) is 6.92 Å². The van der Waals surface area contributed by atoms with Crippen LogP contribution in [0.5, 0.6) is 5.75 Å². The third-order valence-corrected chi connectivity index (χ3v) is 2.66. The lowest BCUT2D eigenvalue weighted by molar-refractivity contribution is 0.116. The van der Waals surface area contributed by atoms with Crippen LogP contribution < -0.4 is 15.8 Å². The zero-order chi connectivity index (χ0) is 16.4. The molecule has 120 valence electrons. The number of ether oxygens (including phenoxy) is 2. The van der Waals surface area contributed by atoms with E-state index in [0.717, 1.165) is 10.5 Å². The van der Waals surface area contributed by atoms with Crippen LogP contribution in [-0.4, -0.2) is 43.8 Å². The van der Waals surface area contributed by atoms with Gasteiger partial charge < -0.3 is 20.5 Å². The molecule has 1 aromatic carbocycles. The van der Waals surface area contributed by atoms with E-state index in [-0.39, 0.29) is 19.7 Å². The molecule has 7 nitrogen and oxygen atoms in total. The van der Waals surface area contributed by atoms with Crippen LogP contribution in [0.25, 0.3) is 6.08 Å². The molecule has 0 aliphatic heterocycles. The van der Waals surface area contributed by atoms with E-state index >= 15 is 0 Å². The van der Waals surface area contributed by atoms with Gasteiger partial charge >= 0.3 is 12.1 Å². The molecule has 0 aromatic heterocycles. The summed E-state index contributed by atoms with van der Waals surface area (Å²) < 4.78 is 9.91.